The van der Waals surface area contributed by atoms with Crippen LogP contribution in [0.1, 0.15) is 57.1 Å². The molecule has 176 valence electrons. The Hall–Kier alpha value is -3.75. The maximum Gasteiger partial charge on any atom is 0.231 e. The highest BCUT2D eigenvalue weighted by Gasteiger charge is 2.23. The van der Waals surface area contributed by atoms with Gasteiger partial charge >= 0.3 is 0 Å². The van der Waals surface area contributed by atoms with E-state index in [2.05, 4.69) is 52.5 Å². The van der Waals surface area contributed by atoms with Gasteiger partial charge < -0.3 is 15.5 Å². The number of aromatic nitrogens is 5. The number of carbonyl (C=O) groups excluding carboxylic acids is 1. The molecule has 2 aromatic heterocycles. The molecular formula is C25H30N8O. The van der Waals surface area contributed by atoms with Crippen molar-refractivity contribution in [1.82, 2.24) is 24.7 Å². The van der Waals surface area contributed by atoms with E-state index in [9.17, 15) is 4.79 Å². The Kier molecular flexibility index (Phi) is 6.51. The molecule has 2 aliphatic rings. The Morgan fingerprint density at radius 3 is 2.76 bits per heavy atom. The van der Waals surface area contributed by atoms with E-state index in [1.807, 2.05) is 30.5 Å². The largest absolute Gasteiger partial charge is 0.341 e. The van der Waals surface area contributed by atoms with Crippen molar-refractivity contribution < 1.29 is 4.79 Å². The fourth-order valence-corrected chi connectivity index (χ4v) is 4.64. The quantitative estimate of drug-likeness (QED) is 0.558. The van der Waals surface area contributed by atoms with Crippen LogP contribution in [0.15, 0.2) is 49.1 Å². The summed E-state index contributed by atoms with van der Waals surface area (Å²) in [6.07, 6.45) is 15.1. The zero-order valence-corrected chi connectivity index (χ0v) is 19.4. The molecule has 1 amide bonds. The predicted octanol–water partition coefficient (Wildman–Crippen LogP) is 4.57. The van der Waals surface area contributed by atoms with Crippen molar-refractivity contribution in [2.75, 3.05) is 28.6 Å². The summed E-state index contributed by atoms with van der Waals surface area (Å²) in [6.45, 7) is 3.22. The second-order valence-electron chi connectivity index (χ2n) is 8.90. The Morgan fingerprint density at radius 2 is 1.97 bits per heavy atom. The van der Waals surface area contributed by atoms with Crippen LogP contribution < -0.4 is 15.5 Å². The van der Waals surface area contributed by atoms with Crippen LogP contribution in [0.5, 0.6) is 0 Å². The van der Waals surface area contributed by atoms with Crippen LogP contribution in [0.2, 0.25) is 0 Å². The summed E-state index contributed by atoms with van der Waals surface area (Å²) in [5, 5.41) is 10.7. The highest BCUT2D eigenvalue weighted by Crippen LogP contribution is 2.29. The molecule has 0 radical (unpaired) electrons. The minimum atomic E-state index is -0.111. The Bertz CT molecular complexity index is 1180. The lowest BCUT2D eigenvalue weighted by molar-refractivity contribution is -0.114. The third-order valence-electron chi connectivity index (χ3n) is 6.38. The van der Waals surface area contributed by atoms with E-state index in [1.165, 1.54) is 43.7 Å². The molecule has 5 rings (SSSR count). The van der Waals surface area contributed by atoms with E-state index in [4.69, 9.17) is 0 Å². The van der Waals surface area contributed by atoms with Gasteiger partial charge in [0.2, 0.25) is 17.8 Å². The van der Waals surface area contributed by atoms with Gasteiger partial charge in [-0.2, -0.15) is 10.1 Å². The zero-order chi connectivity index (χ0) is 23.3. The van der Waals surface area contributed by atoms with Gasteiger partial charge in [0.25, 0.3) is 0 Å². The van der Waals surface area contributed by atoms with E-state index in [0.717, 1.165) is 43.7 Å². The summed E-state index contributed by atoms with van der Waals surface area (Å²) in [7, 11) is 0. The average Bonchev–Trinajstić information content (AvgIpc) is 3.35. The molecule has 1 aliphatic carbocycles. The molecule has 0 bridgehead atoms. The first-order chi connectivity index (χ1) is 16.6. The number of amides is 1. The van der Waals surface area contributed by atoms with Crippen LogP contribution in [0.4, 0.5) is 23.3 Å². The minimum Gasteiger partial charge on any atom is -0.341 e. The molecule has 3 aromatic rings. The van der Waals surface area contributed by atoms with Gasteiger partial charge in [-0.25, -0.2) is 9.97 Å². The standard InChI is InChI=1S/C25H30N8O/c1-18(34)29-21-8-5-9-22(14-21)30-24-26-17-27-25(31-24)32-12-10-23(11-13-32)33-16-20(15-28-33)19-6-3-2-4-7-19/h5-6,8-9,14-17,23H,2-4,7,10-13H2,1H3,(H,29,34)(H,26,27,30,31). The van der Waals surface area contributed by atoms with Crippen LogP contribution in [0.25, 0.3) is 5.57 Å². The Balaban J connectivity index is 1.20. The number of hydrogen-bond donors (Lipinski definition) is 2. The number of hydrogen-bond acceptors (Lipinski definition) is 7. The van der Waals surface area contributed by atoms with Gasteiger partial charge in [0.05, 0.1) is 12.2 Å². The molecule has 1 fully saturated rings. The minimum absolute atomic E-state index is 0.111. The second kappa shape index (κ2) is 10.0. The highest BCUT2D eigenvalue weighted by molar-refractivity contribution is 5.89. The normalized spacial score (nSPS) is 16.7. The molecule has 34 heavy (non-hydrogen) atoms. The van der Waals surface area contributed by atoms with E-state index in [-0.39, 0.29) is 5.91 Å². The molecule has 3 heterocycles. The molecule has 0 atom stereocenters. The summed E-state index contributed by atoms with van der Waals surface area (Å²) in [5.41, 5.74) is 4.24. The monoisotopic (exact) mass is 458 g/mol. The number of allylic oxidation sites excluding steroid dienone is 2. The first kappa shape index (κ1) is 22.1. The van der Waals surface area contributed by atoms with Crippen molar-refractivity contribution >= 4 is 34.8 Å². The summed E-state index contributed by atoms with van der Waals surface area (Å²) in [6, 6.07) is 7.85. The van der Waals surface area contributed by atoms with Gasteiger partial charge in [-0.1, -0.05) is 12.1 Å². The van der Waals surface area contributed by atoms with E-state index >= 15 is 0 Å². The molecule has 1 aliphatic heterocycles. The maximum absolute atomic E-state index is 11.3. The topological polar surface area (TPSA) is 101 Å². The number of rotatable bonds is 6. The summed E-state index contributed by atoms with van der Waals surface area (Å²) >= 11 is 0. The SMILES string of the molecule is CC(=O)Nc1cccc(Nc2ncnc(N3CCC(n4cc(C5=CCCCC5)cn4)CC3)n2)c1. The fraction of sp³-hybridized carbons (Fsp3) is 0.400. The highest BCUT2D eigenvalue weighted by atomic mass is 16.1. The van der Waals surface area contributed by atoms with Crippen molar-refractivity contribution in [3.8, 4) is 0 Å². The molecule has 9 heteroatoms. The number of benzene rings is 1. The zero-order valence-electron chi connectivity index (χ0n) is 19.4. The van der Waals surface area contributed by atoms with Gasteiger partial charge in [0.15, 0.2) is 0 Å². The number of carbonyl (C=O) groups is 1. The number of piperidine rings is 1. The molecule has 9 nitrogen and oxygen atoms in total. The lowest BCUT2D eigenvalue weighted by Crippen LogP contribution is -2.36. The third-order valence-corrected chi connectivity index (χ3v) is 6.38. The van der Waals surface area contributed by atoms with Crippen molar-refractivity contribution in [2.45, 2.75) is 51.5 Å². The maximum atomic E-state index is 11.3. The summed E-state index contributed by atoms with van der Waals surface area (Å²) < 4.78 is 2.14. The van der Waals surface area contributed by atoms with Gasteiger partial charge in [0, 0.05) is 43.1 Å². The van der Waals surface area contributed by atoms with Gasteiger partial charge in [-0.05, 0) is 62.3 Å². The van der Waals surface area contributed by atoms with E-state index < -0.39 is 0 Å². The molecule has 1 aromatic carbocycles. The van der Waals surface area contributed by atoms with Crippen molar-refractivity contribution in [3.05, 3.63) is 54.6 Å². The van der Waals surface area contributed by atoms with Crippen LogP contribution in [0.3, 0.4) is 0 Å². The smallest absolute Gasteiger partial charge is 0.231 e. The Morgan fingerprint density at radius 1 is 1.12 bits per heavy atom. The second-order valence-corrected chi connectivity index (χ2v) is 8.90. The molecule has 0 spiro atoms. The molecule has 0 unspecified atom stereocenters. The predicted molar refractivity (Wildman–Crippen MR) is 133 cm³/mol. The molecule has 1 saturated heterocycles. The first-order valence-electron chi connectivity index (χ1n) is 12.0. The van der Waals surface area contributed by atoms with Crippen molar-refractivity contribution in [3.63, 3.8) is 0 Å². The first-order valence-corrected chi connectivity index (χ1v) is 12.0. The van der Waals surface area contributed by atoms with E-state index in [1.54, 1.807) is 0 Å². The fourth-order valence-electron chi connectivity index (χ4n) is 4.64. The Labute approximate surface area is 199 Å². The van der Waals surface area contributed by atoms with Crippen LogP contribution in [-0.4, -0.2) is 43.7 Å². The van der Waals surface area contributed by atoms with Gasteiger partial charge in [-0.15, -0.1) is 0 Å². The summed E-state index contributed by atoms with van der Waals surface area (Å²) in [5.74, 6) is 1.03. The summed E-state index contributed by atoms with van der Waals surface area (Å²) in [4.78, 5) is 26.8. The van der Waals surface area contributed by atoms with Crippen molar-refractivity contribution in [1.29, 1.82) is 0 Å². The molecular weight excluding hydrogens is 428 g/mol. The van der Waals surface area contributed by atoms with Crippen LogP contribution in [-0.2, 0) is 4.79 Å². The third kappa shape index (κ3) is 5.24. The van der Waals surface area contributed by atoms with Crippen LogP contribution in [0, 0.1) is 0 Å². The molecule has 0 saturated carbocycles. The van der Waals surface area contributed by atoms with Gasteiger partial charge in [0.1, 0.15) is 6.33 Å². The number of nitrogens with zero attached hydrogens (tertiary/aromatic N) is 6. The number of nitrogens with one attached hydrogen (secondary N) is 2. The lowest BCUT2D eigenvalue weighted by atomic mass is 9.96. The van der Waals surface area contributed by atoms with E-state index in [0.29, 0.717) is 17.9 Å². The van der Waals surface area contributed by atoms with Crippen molar-refractivity contribution in [2.24, 2.45) is 0 Å². The van der Waals surface area contributed by atoms with Crippen LogP contribution >= 0.6 is 0 Å². The molecule has 2 N–H and O–H groups in total. The number of anilines is 4. The lowest BCUT2D eigenvalue weighted by Gasteiger charge is -2.32. The average molecular weight is 459 g/mol. The van der Waals surface area contributed by atoms with Gasteiger partial charge in [-0.3, -0.25) is 9.48 Å².